The lowest BCUT2D eigenvalue weighted by molar-refractivity contribution is -0.118. The van der Waals surface area contributed by atoms with E-state index in [9.17, 15) is 9.59 Å². The van der Waals surface area contributed by atoms with Gasteiger partial charge in [0.05, 0.1) is 13.2 Å². The molecule has 1 amide bonds. The maximum Gasteiger partial charge on any atom is 0.262 e. The highest BCUT2D eigenvalue weighted by Gasteiger charge is 2.32. The number of allylic oxidation sites excluding steroid dienone is 1. The van der Waals surface area contributed by atoms with E-state index in [1.54, 1.807) is 12.1 Å². The SMILES string of the molecule is COc1ccnc(NC(=O)C2=CNC3CCCC=C3C2=O)c1. The number of fused-ring (bicyclic) bond motifs is 1. The van der Waals surface area contributed by atoms with Crippen molar-refractivity contribution in [3.05, 3.63) is 41.8 Å². The minimum Gasteiger partial charge on any atom is -0.497 e. The molecule has 6 nitrogen and oxygen atoms in total. The monoisotopic (exact) mass is 299 g/mol. The topological polar surface area (TPSA) is 80.3 Å². The second-order valence-corrected chi connectivity index (χ2v) is 5.23. The third kappa shape index (κ3) is 2.72. The van der Waals surface area contributed by atoms with Gasteiger partial charge in [-0.1, -0.05) is 6.08 Å². The van der Waals surface area contributed by atoms with Crippen LogP contribution in [0.25, 0.3) is 0 Å². The Hall–Kier alpha value is -2.63. The molecular formula is C16H17N3O3. The molecule has 1 unspecified atom stereocenters. The Labute approximate surface area is 128 Å². The highest BCUT2D eigenvalue weighted by atomic mass is 16.5. The van der Waals surface area contributed by atoms with Gasteiger partial charge >= 0.3 is 0 Å². The molecular weight excluding hydrogens is 282 g/mol. The van der Waals surface area contributed by atoms with Crippen LogP contribution in [-0.2, 0) is 9.59 Å². The molecule has 6 heteroatoms. The van der Waals surface area contributed by atoms with Gasteiger partial charge < -0.3 is 15.4 Å². The fraction of sp³-hybridized carbons (Fsp3) is 0.312. The Kier molecular flexibility index (Phi) is 3.91. The highest BCUT2D eigenvalue weighted by Crippen LogP contribution is 2.25. The summed E-state index contributed by atoms with van der Waals surface area (Å²) in [5.41, 5.74) is 0.798. The van der Waals surface area contributed by atoms with Crippen molar-refractivity contribution < 1.29 is 14.3 Å². The summed E-state index contributed by atoms with van der Waals surface area (Å²) in [6, 6.07) is 3.31. The van der Waals surface area contributed by atoms with Gasteiger partial charge in [0.25, 0.3) is 5.91 Å². The number of aromatic nitrogens is 1. The average Bonchev–Trinajstić information content (AvgIpc) is 2.55. The number of nitrogens with one attached hydrogen (secondary N) is 2. The summed E-state index contributed by atoms with van der Waals surface area (Å²) in [6.07, 6.45) is 7.81. The van der Waals surface area contributed by atoms with Gasteiger partial charge in [0.2, 0.25) is 0 Å². The molecule has 3 rings (SSSR count). The van der Waals surface area contributed by atoms with Crippen LogP contribution in [0.3, 0.4) is 0 Å². The number of hydrogen-bond acceptors (Lipinski definition) is 5. The van der Waals surface area contributed by atoms with E-state index in [0.717, 1.165) is 19.3 Å². The number of methoxy groups -OCH3 is 1. The van der Waals surface area contributed by atoms with E-state index in [1.807, 2.05) is 6.08 Å². The Morgan fingerprint density at radius 3 is 3.18 bits per heavy atom. The van der Waals surface area contributed by atoms with Gasteiger partial charge in [0.1, 0.15) is 17.1 Å². The van der Waals surface area contributed by atoms with Gasteiger partial charge in [0.15, 0.2) is 5.78 Å². The number of nitrogens with zero attached hydrogens (tertiary/aromatic N) is 1. The minimum absolute atomic E-state index is 0.0349. The fourth-order valence-corrected chi connectivity index (χ4v) is 2.67. The molecule has 0 saturated heterocycles. The quantitative estimate of drug-likeness (QED) is 0.828. The molecule has 1 aromatic heterocycles. The Bertz CT molecular complexity index is 679. The van der Waals surface area contributed by atoms with Crippen molar-refractivity contribution in [3.8, 4) is 5.75 Å². The lowest BCUT2D eigenvalue weighted by Crippen LogP contribution is -2.40. The van der Waals surface area contributed by atoms with Crippen molar-refractivity contribution in [1.29, 1.82) is 0 Å². The van der Waals surface area contributed by atoms with Crippen molar-refractivity contribution in [2.24, 2.45) is 0 Å². The smallest absolute Gasteiger partial charge is 0.262 e. The lowest BCUT2D eigenvalue weighted by atomic mass is 9.86. The second-order valence-electron chi connectivity index (χ2n) is 5.23. The van der Waals surface area contributed by atoms with Crippen LogP contribution >= 0.6 is 0 Å². The molecule has 0 saturated carbocycles. The summed E-state index contributed by atoms with van der Waals surface area (Å²) in [4.78, 5) is 28.8. The molecule has 2 aliphatic rings. The summed E-state index contributed by atoms with van der Waals surface area (Å²) in [7, 11) is 1.54. The third-order valence-electron chi connectivity index (χ3n) is 3.83. The van der Waals surface area contributed by atoms with Gasteiger partial charge in [-0.15, -0.1) is 0 Å². The third-order valence-corrected chi connectivity index (χ3v) is 3.83. The Morgan fingerprint density at radius 1 is 1.50 bits per heavy atom. The van der Waals surface area contributed by atoms with Crippen LogP contribution in [0.1, 0.15) is 19.3 Å². The van der Waals surface area contributed by atoms with Crippen molar-refractivity contribution in [3.63, 3.8) is 0 Å². The largest absolute Gasteiger partial charge is 0.497 e. The first-order chi connectivity index (χ1) is 10.7. The van der Waals surface area contributed by atoms with Crippen LogP contribution in [-0.4, -0.2) is 29.8 Å². The van der Waals surface area contributed by atoms with E-state index in [1.165, 1.54) is 19.5 Å². The molecule has 0 bridgehead atoms. The van der Waals surface area contributed by atoms with Crippen LogP contribution < -0.4 is 15.4 Å². The lowest BCUT2D eigenvalue weighted by Gasteiger charge is -2.28. The molecule has 1 aliphatic heterocycles. The maximum atomic E-state index is 12.4. The first-order valence-corrected chi connectivity index (χ1v) is 7.21. The number of ketones is 1. The van der Waals surface area contributed by atoms with Crippen molar-refractivity contribution in [2.75, 3.05) is 12.4 Å². The number of carbonyl (C=O) groups excluding carboxylic acids is 2. The zero-order valence-electron chi connectivity index (χ0n) is 12.3. The molecule has 1 atom stereocenters. The van der Waals surface area contributed by atoms with E-state index in [2.05, 4.69) is 15.6 Å². The molecule has 2 heterocycles. The van der Waals surface area contributed by atoms with Crippen LogP contribution in [0.4, 0.5) is 5.82 Å². The summed E-state index contributed by atoms with van der Waals surface area (Å²) in [5.74, 6) is 0.257. The summed E-state index contributed by atoms with van der Waals surface area (Å²) in [5, 5.41) is 5.76. The first kappa shape index (κ1) is 14.3. The summed E-state index contributed by atoms with van der Waals surface area (Å²) < 4.78 is 5.08. The maximum absolute atomic E-state index is 12.4. The molecule has 0 fully saturated rings. The number of carbonyl (C=O) groups is 2. The van der Waals surface area contributed by atoms with E-state index in [-0.39, 0.29) is 17.4 Å². The van der Waals surface area contributed by atoms with E-state index >= 15 is 0 Å². The van der Waals surface area contributed by atoms with Crippen LogP contribution in [0, 0.1) is 0 Å². The van der Waals surface area contributed by atoms with Crippen molar-refractivity contribution in [1.82, 2.24) is 10.3 Å². The molecule has 0 aromatic carbocycles. The molecule has 0 spiro atoms. The molecule has 114 valence electrons. The normalized spacial score (nSPS) is 20.2. The molecule has 2 N–H and O–H groups in total. The van der Waals surface area contributed by atoms with E-state index in [4.69, 9.17) is 4.74 Å². The Morgan fingerprint density at radius 2 is 2.36 bits per heavy atom. The summed E-state index contributed by atoms with van der Waals surface area (Å²) in [6.45, 7) is 0. The number of amides is 1. The van der Waals surface area contributed by atoms with Crippen LogP contribution in [0.5, 0.6) is 5.75 Å². The second kappa shape index (κ2) is 6.01. The molecule has 0 radical (unpaired) electrons. The average molecular weight is 299 g/mol. The summed E-state index contributed by atoms with van der Waals surface area (Å²) >= 11 is 0. The number of anilines is 1. The highest BCUT2D eigenvalue weighted by molar-refractivity contribution is 6.29. The number of hydrogen-bond donors (Lipinski definition) is 2. The number of rotatable bonds is 3. The van der Waals surface area contributed by atoms with Gasteiger partial charge in [0, 0.05) is 24.0 Å². The van der Waals surface area contributed by atoms with Gasteiger partial charge in [-0.25, -0.2) is 4.98 Å². The minimum atomic E-state index is -0.469. The molecule has 22 heavy (non-hydrogen) atoms. The van der Waals surface area contributed by atoms with Gasteiger partial charge in [-0.2, -0.15) is 0 Å². The zero-order valence-corrected chi connectivity index (χ0v) is 12.3. The number of Topliss-reactive ketones (excluding diaryl/α,β-unsaturated/α-hetero) is 1. The zero-order chi connectivity index (χ0) is 15.5. The van der Waals surface area contributed by atoms with Gasteiger partial charge in [-0.05, 0) is 25.3 Å². The molecule has 1 aliphatic carbocycles. The first-order valence-electron chi connectivity index (χ1n) is 7.21. The van der Waals surface area contributed by atoms with Crippen LogP contribution in [0.2, 0.25) is 0 Å². The Balaban J connectivity index is 1.77. The van der Waals surface area contributed by atoms with E-state index in [0.29, 0.717) is 17.1 Å². The van der Waals surface area contributed by atoms with Crippen LogP contribution in [0.15, 0.2) is 41.8 Å². The predicted octanol–water partition coefficient (Wildman–Crippen LogP) is 1.56. The molecule has 1 aromatic rings. The van der Waals surface area contributed by atoms with Crippen molar-refractivity contribution in [2.45, 2.75) is 25.3 Å². The fourth-order valence-electron chi connectivity index (χ4n) is 2.67. The number of ether oxygens (including phenoxy) is 1. The predicted molar refractivity (Wildman–Crippen MR) is 81.4 cm³/mol. The number of pyridine rings is 1. The van der Waals surface area contributed by atoms with Gasteiger partial charge in [-0.3, -0.25) is 9.59 Å². The van der Waals surface area contributed by atoms with Crippen molar-refractivity contribution >= 4 is 17.5 Å². The standard InChI is InChI=1S/C16H17N3O3/c1-22-10-6-7-17-14(8-10)19-16(21)12-9-18-13-5-3-2-4-11(13)15(12)20/h4,6-9,13,18H,2-3,5H2,1H3,(H,17,19,21). The van der Waals surface area contributed by atoms with E-state index < -0.39 is 5.91 Å².